The fourth-order valence-electron chi connectivity index (χ4n) is 5.96. The van der Waals surface area contributed by atoms with Crippen molar-refractivity contribution in [3.05, 3.63) is 106 Å². The Morgan fingerprint density at radius 2 is 1.43 bits per heavy atom. The molecule has 3 aromatic carbocycles. The Kier molecular flexibility index (Phi) is 8.90. The molecule has 2 amide bonds. The SMILES string of the molecule is N#Cc1ccc(CN2CCC(NC(=O)c3ccc(C(N)=O)c(C4CCN(Cc5ccccc5)CC4)c3)CC2)cc1. The molecule has 0 spiro atoms. The number of primary amides is 1. The van der Waals surface area contributed by atoms with Crippen molar-refractivity contribution < 1.29 is 9.59 Å². The molecule has 0 atom stereocenters. The average Bonchev–Trinajstić information content (AvgIpc) is 2.99. The van der Waals surface area contributed by atoms with E-state index in [1.807, 2.05) is 36.4 Å². The largest absolute Gasteiger partial charge is 0.366 e. The van der Waals surface area contributed by atoms with Gasteiger partial charge in [0.05, 0.1) is 11.6 Å². The highest BCUT2D eigenvalue weighted by Gasteiger charge is 2.26. The Labute approximate surface area is 236 Å². The van der Waals surface area contributed by atoms with Crippen molar-refractivity contribution >= 4 is 11.8 Å². The summed E-state index contributed by atoms with van der Waals surface area (Å²) in [5.74, 6) is -0.333. The van der Waals surface area contributed by atoms with Gasteiger partial charge in [-0.25, -0.2) is 0 Å². The van der Waals surface area contributed by atoms with Crippen molar-refractivity contribution in [1.29, 1.82) is 5.26 Å². The minimum absolute atomic E-state index is 0.0932. The van der Waals surface area contributed by atoms with Crippen LogP contribution in [0.4, 0.5) is 0 Å². The van der Waals surface area contributed by atoms with Crippen LogP contribution in [-0.4, -0.2) is 53.8 Å². The predicted molar refractivity (Wildman–Crippen MR) is 156 cm³/mol. The van der Waals surface area contributed by atoms with Crippen LogP contribution in [0.2, 0.25) is 0 Å². The van der Waals surface area contributed by atoms with Crippen LogP contribution in [0.5, 0.6) is 0 Å². The van der Waals surface area contributed by atoms with Gasteiger partial charge in [-0.15, -0.1) is 0 Å². The van der Waals surface area contributed by atoms with E-state index in [9.17, 15) is 9.59 Å². The lowest BCUT2D eigenvalue weighted by atomic mass is 9.85. The second kappa shape index (κ2) is 12.9. The molecule has 3 N–H and O–H groups in total. The van der Waals surface area contributed by atoms with Crippen molar-refractivity contribution in [2.24, 2.45) is 5.73 Å². The van der Waals surface area contributed by atoms with Gasteiger partial charge in [0.1, 0.15) is 0 Å². The van der Waals surface area contributed by atoms with E-state index >= 15 is 0 Å². The van der Waals surface area contributed by atoms with E-state index in [0.717, 1.165) is 70.5 Å². The maximum absolute atomic E-state index is 13.2. The Hall–Kier alpha value is -3.99. The summed E-state index contributed by atoms with van der Waals surface area (Å²) in [5.41, 5.74) is 10.9. The van der Waals surface area contributed by atoms with E-state index in [-0.39, 0.29) is 17.9 Å². The second-order valence-electron chi connectivity index (χ2n) is 11.0. The van der Waals surface area contributed by atoms with Crippen LogP contribution in [0.1, 0.15) is 74.6 Å². The van der Waals surface area contributed by atoms with Gasteiger partial charge >= 0.3 is 0 Å². The molecule has 0 aromatic heterocycles. The number of amides is 2. The van der Waals surface area contributed by atoms with Crippen LogP contribution in [0.3, 0.4) is 0 Å². The summed E-state index contributed by atoms with van der Waals surface area (Å²) in [6, 6.07) is 25.8. The van der Waals surface area contributed by atoms with Gasteiger partial charge in [-0.1, -0.05) is 42.5 Å². The molecule has 206 valence electrons. The molecule has 5 rings (SSSR count). The molecule has 2 heterocycles. The number of hydrogen-bond acceptors (Lipinski definition) is 5. The first-order valence-electron chi connectivity index (χ1n) is 14.2. The summed E-state index contributed by atoms with van der Waals surface area (Å²) >= 11 is 0. The molecule has 2 saturated heterocycles. The summed E-state index contributed by atoms with van der Waals surface area (Å²) < 4.78 is 0. The maximum Gasteiger partial charge on any atom is 0.251 e. The average molecular weight is 536 g/mol. The molecular weight excluding hydrogens is 498 g/mol. The third-order valence-electron chi connectivity index (χ3n) is 8.27. The van der Waals surface area contributed by atoms with Gasteiger partial charge in [-0.3, -0.25) is 19.4 Å². The fourth-order valence-corrected chi connectivity index (χ4v) is 5.96. The van der Waals surface area contributed by atoms with E-state index in [1.54, 1.807) is 12.1 Å². The molecule has 2 aliphatic rings. The molecule has 3 aromatic rings. The van der Waals surface area contributed by atoms with E-state index in [1.165, 1.54) is 11.1 Å². The first-order valence-corrected chi connectivity index (χ1v) is 14.2. The highest BCUT2D eigenvalue weighted by atomic mass is 16.2. The van der Waals surface area contributed by atoms with E-state index in [2.05, 4.69) is 45.5 Å². The summed E-state index contributed by atoms with van der Waals surface area (Å²) in [6.45, 7) is 5.45. The molecule has 0 aliphatic carbocycles. The quantitative estimate of drug-likeness (QED) is 0.444. The normalized spacial score (nSPS) is 17.3. The smallest absolute Gasteiger partial charge is 0.251 e. The van der Waals surface area contributed by atoms with Crippen LogP contribution in [-0.2, 0) is 13.1 Å². The van der Waals surface area contributed by atoms with Gasteiger partial charge in [-0.05, 0) is 91.7 Å². The minimum Gasteiger partial charge on any atom is -0.366 e. The second-order valence-corrected chi connectivity index (χ2v) is 11.0. The zero-order chi connectivity index (χ0) is 27.9. The monoisotopic (exact) mass is 535 g/mol. The van der Waals surface area contributed by atoms with Gasteiger partial charge in [-0.2, -0.15) is 5.26 Å². The first-order chi connectivity index (χ1) is 19.5. The number of hydrogen-bond donors (Lipinski definition) is 2. The molecule has 40 heavy (non-hydrogen) atoms. The van der Waals surface area contributed by atoms with Crippen molar-refractivity contribution in [3.63, 3.8) is 0 Å². The molecule has 2 aliphatic heterocycles. The highest BCUT2D eigenvalue weighted by Crippen LogP contribution is 2.32. The van der Waals surface area contributed by atoms with Gasteiger partial charge in [0.25, 0.3) is 5.91 Å². The maximum atomic E-state index is 13.2. The molecule has 2 fully saturated rings. The zero-order valence-corrected chi connectivity index (χ0v) is 22.9. The molecule has 0 radical (unpaired) electrons. The van der Waals surface area contributed by atoms with Crippen molar-refractivity contribution in [3.8, 4) is 6.07 Å². The summed E-state index contributed by atoms with van der Waals surface area (Å²) in [7, 11) is 0. The minimum atomic E-state index is -0.441. The molecule has 0 saturated carbocycles. The number of rotatable bonds is 8. The highest BCUT2D eigenvalue weighted by molar-refractivity contribution is 5.98. The number of carbonyl (C=O) groups is 2. The first kappa shape index (κ1) is 27.6. The van der Waals surface area contributed by atoms with Gasteiger partial charge in [0.2, 0.25) is 5.91 Å². The Bertz CT molecular complexity index is 1350. The number of nitriles is 1. The van der Waals surface area contributed by atoms with Gasteiger partial charge in [0, 0.05) is 43.3 Å². The number of likely N-dealkylation sites (tertiary alicyclic amines) is 2. The van der Waals surface area contributed by atoms with Gasteiger partial charge in [0.15, 0.2) is 0 Å². The summed E-state index contributed by atoms with van der Waals surface area (Å²) in [6.07, 6.45) is 3.62. The number of piperidine rings is 2. The van der Waals surface area contributed by atoms with Crippen molar-refractivity contribution in [2.45, 2.75) is 50.7 Å². The molecular formula is C33H37N5O2. The molecule has 7 heteroatoms. The fraction of sp³-hybridized carbons (Fsp3) is 0.364. The Morgan fingerprint density at radius 1 is 0.825 bits per heavy atom. The van der Waals surface area contributed by atoms with Crippen LogP contribution < -0.4 is 11.1 Å². The van der Waals surface area contributed by atoms with Crippen LogP contribution in [0.25, 0.3) is 0 Å². The van der Waals surface area contributed by atoms with Crippen LogP contribution in [0, 0.1) is 11.3 Å². The summed E-state index contributed by atoms with van der Waals surface area (Å²) in [4.78, 5) is 30.3. The van der Waals surface area contributed by atoms with Crippen LogP contribution in [0.15, 0.2) is 72.8 Å². The Morgan fingerprint density at radius 3 is 2.02 bits per heavy atom. The lowest BCUT2D eigenvalue weighted by molar-refractivity contribution is 0.0907. The third kappa shape index (κ3) is 6.95. The number of nitrogens with zero attached hydrogens (tertiary/aromatic N) is 3. The van der Waals surface area contributed by atoms with Crippen LogP contribution >= 0.6 is 0 Å². The summed E-state index contributed by atoms with van der Waals surface area (Å²) in [5, 5.41) is 12.2. The Balaban J connectivity index is 1.16. The lowest BCUT2D eigenvalue weighted by Crippen LogP contribution is -2.44. The molecule has 0 unspecified atom stereocenters. The van der Waals surface area contributed by atoms with E-state index < -0.39 is 5.91 Å². The van der Waals surface area contributed by atoms with Gasteiger partial charge < -0.3 is 11.1 Å². The van der Waals surface area contributed by atoms with E-state index in [4.69, 9.17) is 11.0 Å². The number of benzene rings is 3. The number of carbonyl (C=O) groups excluding carboxylic acids is 2. The zero-order valence-electron chi connectivity index (χ0n) is 22.9. The third-order valence-corrected chi connectivity index (χ3v) is 8.27. The number of nitrogens with two attached hydrogens (primary N) is 1. The topological polar surface area (TPSA) is 102 Å². The van der Waals surface area contributed by atoms with E-state index in [0.29, 0.717) is 16.7 Å². The van der Waals surface area contributed by atoms with Crippen molar-refractivity contribution in [1.82, 2.24) is 15.1 Å². The predicted octanol–water partition coefficient (Wildman–Crippen LogP) is 4.43. The van der Waals surface area contributed by atoms with Crippen molar-refractivity contribution in [2.75, 3.05) is 26.2 Å². The standard InChI is InChI=1S/C33H37N5O2/c34-21-24-6-8-26(9-7-24)23-38-18-14-29(15-19-38)36-33(40)28-10-11-30(32(35)39)31(20-28)27-12-16-37(17-13-27)22-25-4-2-1-3-5-25/h1-11,20,27,29H,12-19,22-23H2,(H2,35,39)(H,36,40). The molecule has 0 bridgehead atoms. The lowest BCUT2D eigenvalue weighted by Gasteiger charge is -2.33. The molecule has 7 nitrogen and oxygen atoms in total. The number of nitrogens with one attached hydrogen (secondary N) is 1.